The van der Waals surface area contributed by atoms with Crippen molar-refractivity contribution < 1.29 is 9.53 Å². The number of aromatic nitrogens is 2. The lowest BCUT2D eigenvalue weighted by Gasteiger charge is -2.13. The molecule has 0 aliphatic rings. The summed E-state index contributed by atoms with van der Waals surface area (Å²) < 4.78 is 6.49. The Labute approximate surface area is 172 Å². The first-order valence-electron chi connectivity index (χ1n) is 8.77. The van der Waals surface area contributed by atoms with Crippen LogP contribution in [0.4, 0.5) is 0 Å². The number of ether oxygens (including phenoxy) is 1. The Hall–Kier alpha value is -2.57. The molecule has 0 aliphatic carbocycles. The van der Waals surface area contributed by atoms with Crippen molar-refractivity contribution in [2.24, 2.45) is 0 Å². The minimum atomic E-state index is -0.663. The predicted molar refractivity (Wildman–Crippen MR) is 111 cm³/mol. The lowest BCUT2D eigenvalue weighted by Crippen LogP contribution is -2.30. The first-order valence-corrected chi connectivity index (χ1v) is 10.1. The van der Waals surface area contributed by atoms with Gasteiger partial charge in [-0.1, -0.05) is 71.9 Å². The summed E-state index contributed by atoms with van der Waals surface area (Å²) in [5.74, 6) is -0.107. The molecule has 2 aromatic carbocycles. The van der Waals surface area contributed by atoms with Crippen LogP contribution in [0.2, 0.25) is 5.02 Å². The van der Waals surface area contributed by atoms with Gasteiger partial charge in [0.25, 0.3) is 5.56 Å². The van der Waals surface area contributed by atoms with Crippen LogP contribution in [-0.4, -0.2) is 22.1 Å². The van der Waals surface area contributed by atoms with Crippen molar-refractivity contribution in [3.05, 3.63) is 92.9 Å². The Morgan fingerprint density at radius 2 is 1.86 bits per heavy atom. The average molecular weight is 415 g/mol. The van der Waals surface area contributed by atoms with Crippen LogP contribution in [-0.2, 0) is 17.0 Å². The second-order valence-corrected chi connectivity index (χ2v) is 7.28. The van der Waals surface area contributed by atoms with Gasteiger partial charge in [0.2, 0.25) is 0 Å². The number of halogens is 1. The zero-order valence-electron chi connectivity index (χ0n) is 15.3. The molecule has 144 valence electrons. The summed E-state index contributed by atoms with van der Waals surface area (Å²) >= 11 is 7.63. The molecule has 0 unspecified atom stereocenters. The van der Waals surface area contributed by atoms with Crippen LogP contribution in [0.15, 0.2) is 70.7 Å². The topological polar surface area (TPSA) is 61.2 Å². The van der Waals surface area contributed by atoms with E-state index in [0.29, 0.717) is 22.5 Å². The second-order valence-electron chi connectivity index (χ2n) is 5.93. The van der Waals surface area contributed by atoms with Gasteiger partial charge in [-0.15, -0.1) is 0 Å². The van der Waals surface area contributed by atoms with Crippen molar-refractivity contribution in [3.8, 4) is 0 Å². The van der Waals surface area contributed by atoms with E-state index >= 15 is 0 Å². The van der Waals surface area contributed by atoms with Gasteiger partial charge in [-0.05, 0) is 24.1 Å². The van der Waals surface area contributed by atoms with E-state index in [4.69, 9.17) is 16.3 Å². The summed E-state index contributed by atoms with van der Waals surface area (Å²) in [5.41, 5.74) is 1.40. The van der Waals surface area contributed by atoms with Gasteiger partial charge in [-0.3, -0.25) is 9.36 Å². The Balaban J connectivity index is 1.96. The normalized spacial score (nSPS) is 10.6. The third-order valence-electron chi connectivity index (χ3n) is 4.00. The van der Waals surface area contributed by atoms with Gasteiger partial charge < -0.3 is 4.74 Å². The molecule has 28 heavy (non-hydrogen) atoms. The zero-order chi connectivity index (χ0) is 19.9. The van der Waals surface area contributed by atoms with Crippen LogP contribution in [0.25, 0.3) is 0 Å². The van der Waals surface area contributed by atoms with E-state index in [1.54, 1.807) is 6.92 Å². The van der Waals surface area contributed by atoms with Crippen molar-refractivity contribution in [1.82, 2.24) is 9.55 Å². The van der Waals surface area contributed by atoms with E-state index < -0.39 is 11.5 Å². The largest absolute Gasteiger partial charge is 0.462 e. The summed E-state index contributed by atoms with van der Waals surface area (Å²) in [4.78, 5) is 29.4. The van der Waals surface area contributed by atoms with E-state index in [2.05, 4.69) is 4.98 Å². The molecule has 7 heteroatoms. The number of carbonyl (C=O) groups is 1. The third-order valence-corrected chi connectivity index (χ3v) is 5.41. The first kappa shape index (κ1) is 20.2. The molecular formula is C21H19ClN2O3S. The number of esters is 1. The van der Waals surface area contributed by atoms with Gasteiger partial charge >= 0.3 is 5.97 Å². The minimum absolute atomic E-state index is 0.0696. The van der Waals surface area contributed by atoms with Crippen LogP contribution in [0.5, 0.6) is 0 Å². The Bertz CT molecular complexity index is 1020. The molecule has 0 atom stereocenters. The minimum Gasteiger partial charge on any atom is -0.462 e. The highest BCUT2D eigenvalue weighted by molar-refractivity contribution is 7.98. The molecule has 3 rings (SSSR count). The van der Waals surface area contributed by atoms with Crippen LogP contribution < -0.4 is 5.56 Å². The Morgan fingerprint density at radius 3 is 2.57 bits per heavy atom. The zero-order valence-corrected chi connectivity index (χ0v) is 16.9. The summed E-state index contributed by atoms with van der Waals surface area (Å²) in [7, 11) is 0. The molecule has 0 spiro atoms. The molecule has 1 aromatic heterocycles. The molecule has 0 saturated carbocycles. The lowest BCUT2D eigenvalue weighted by molar-refractivity contribution is 0.0522. The fraction of sp³-hybridized carbons (Fsp3) is 0.190. The first-order chi connectivity index (χ1) is 13.6. The van der Waals surface area contributed by atoms with Crippen LogP contribution in [0.1, 0.15) is 28.4 Å². The molecule has 0 saturated heterocycles. The summed E-state index contributed by atoms with van der Waals surface area (Å²) in [6.07, 6.45) is 1.29. The molecule has 0 fully saturated rings. The highest BCUT2D eigenvalue weighted by Crippen LogP contribution is 2.25. The quantitative estimate of drug-likeness (QED) is 0.325. The Morgan fingerprint density at radius 1 is 1.14 bits per heavy atom. The van der Waals surface area contributed by atoms with Gasteiger partial charge in [0, 0.05) is 10.8 Å². The van der Waals surface area contributed by atoms with Crippen molar-refractivity contribution in [2.75, 3.05) is 6.61 Å². The fourth-order valence-corrected chi connectivity index (χ4v) is 3.85. The second kappa shape index (κ2) is 9.57. The van der Waals surface area contributed by atoms with Crippen LogP contribution in [0.3, 0.4) is 0 Å². The number of hydrogen-bond donors (Lipinski definition) is 0. The summed E-state index contributed by atoms with van der Waals surface area (Å²) in [6, 6.07) is 17.1. The standard InChI is InChI=1S/C21H19ClN2O3S/c1-2-27-20(26)17-12-23-21(28-14-16-10-6-7-11-18(16)22)24(19(17)25)13-15-8-4-3-5-9-15/h3-12H,2,13-14H2,1H3. The number of hydrogen-bond acceptors (Lipinski definition) is 5. The molecule has 0 N–H and O–H groups in total. The van der Waals surface area contributed by atoms with Crippen LogP contribution >= 0.6 is 23.4 Å². The van der Waals surface area contributed by atoms with Crippen molar-refractivity contribution in [2.45, 2.75) is 24.4 Å². The van der Waals surface area contributed by atoms with Gasteiger partial charge in [0.1, 0.15) is 5.56 Å². The van der Waals surface area contributed by atoms with Gasteiger partial charge in [0.05, 0.1) is 19.3 Å². The van der Waals surface area contributed by atoms with Gasteiger partial charge in [0.15, 0.2) is 5.16 Å². The number of thioether (sulfide) groups is 1. The monoisotopic (exact) mass is 414 g/mol. The molecule has 5 nitrogen and oxygen atoms in total. The molecule has 3 aromatic rings. The molecule has 0 amide bonds. The Kier molecular flexibility index (Phi) is 6.90. The van der Waals surface area contributed by atoms with Crippen molar-refractivity contribution in [1.29, 1.82) is 0 Å². The van der Waals surface area contributed by atoms with Crippen molar-refractivity contribution in [3.63, 3.8) is 0 Å². The average Bonchev–Trinajstić information content (AvgIpc) is 2.70. The highest BCUT2D eigenvalue weighted by atomic mass is 35.5. The maximum atomic E-state index is 13.0. The molecular weight excluding hydrogens is 396 g/mol. The molecule has 1 heterocycles. The maximum Gasteiger partial charge on any atom is 0.345 e. The van der Waals surface area contributed by atoms with Gasteiger partial charge in [-0.25, -0.2) is 9.78 Å². The van der Waals surface area contributed by atoms with E-state index in [1.165, 1.54) is 22.5 Å². The van der Waals surface area contributed by atoms with E-state index in [1.807, 2.05) is 54.6 Å². The molecule has 0 bridgehead atoms. The predicted octanol–water partition coefficient (Wildman–Crippen LogP) is 4.41. The number of nitrogens with zero attached hydrogens (tertiary/aromatic N) is 2. The summed E-state index contributed by atoms with van der Waals surface area (Å²) in [6.45, 7) is 2.20. The number of rotatable bonds is 7. The third kappa shape index (κ3) is 4.82. The number of benzene rings is 2. The van der Waals surface area contributed by atoms with Gasteiger partial charge in [-0.2, -0.15) is 0 Å². The van der Waals surface area contributed by atoms with Crippen molar-refractivity contribution >= 4 is 29.3 Å². The maximum absolute atomic E-state index is 13.0. The molecule has 0 radical (unpaired) electrons. The smallest absolute Gasteiger partial charge is 0.345 e. The van der Waals surface area contributed by atoms with E-state index in [-0.39, 0.29) is 12.2 Å². The fourth-order valence-electron chi connectivity index (χ4n) is 2.60. The van der Waals surface area contributed by atoms with Crippen LogP contribution in [0, 0.1) is 0 Å². The number of carbonyl (C=O) groups excluding carboxylic acids is 1. The SMILES string of the molecule is CCOC(=O)c1cnc(SCc2ccccc2Cl)n(Cc2ccccc2)c1=O. The van der Waals surface area contributed by atoms with E-state index in [9.17, 15) is 9.59 Å². The summed E-state index contributed by atoms with van der Waals surface area (Å²) in [5, 5.41) is 1.18. The molecule has 0 aliphatic heterocycles. The van der Waals surface area contributed by atoms with E-state index in [0.717, 1.165) is 11.1 Å². The highest BCUT2D eigenvalue weighted by Gasteiger charge is 2.18. The lowest BCUT2D eigenvalue weighted by atomic mass is 10.2.